The van der Waals surface area contributed by atoms with Gasteiger partial charge < -0.3 is 15.4 Å². The second-order valence-electron chi connectivity index (χ2n) is 10.4. The van der Waals surface area contributed by atoms with Gasteiger partial charge in [0.25, 0.3) is 0 Å². The third-order valence-corrected chi connectivity index (χ3v) is 7.63. The molecule has 4 aromatic rings. The number of carbonyl (C=O) groups is 1. The Bertz CT molecular complexity index is 1530. The summed E-state index contributed by atoms with van der Waals surface area (Å²) in [5.41, 5.74) is 0.115. The molecule has 6 nitrogen and oxygen atoms in total. The maximum atomic E-state index is 14.3. The quantitative estimate of drug-likeness (QED) is 0.204. The number of H-pyrrole nitrogens is 1. The largest absolute Gasteiger partial charge is 0.481 e. The average molecular weight is 559 g/mol. The molecule has 2 aromatic heterocycles. The fourth-order valence-electron chi connectivity index (χ4n) is 5.33. The maximum Gasteiger partial charge on any atom is 0.416 e. The number of carboxylic acids is 1. The van der Waals surface area contributed by atoms with E-state index in [0.29, 0.717) is 11.5 Å². The van der Waals surface area contributed by atoms with Gasteiger partial charge in [0.1, 0.15) is 17.5 Å². The van der Waals surface area contributed by atoms with Crippen molar-refractivity contribution in [2.75, 3.05) is 11.9 Å². The minimum Gasteiger partial charge on any atom is -0.481 e. The summed E-state index contributed by atoms with van der Waals surface area (Å²) in [4.78, 5) is 23.9. The summed E-state index contributed by atoms with van der Waals surface area (Å²) in [6.45, 7) is 2.23. The zero-order valence-corrected chi connectivity index (χ0v) is 21.5. The number of aliphatic carboxylic acids is 1. The van der Waals surface area contributed by atoms with Gasteiger partial charge in [-0.15, -0.1) is 0 Å². The number of anilines is 1. The molecule has 11 heteroatoms. The Morgan fingerprint density at radius 3 is 2.42 bits per heavy atom. The van der Waals surface area contributed by atoms with Crippen molar-refractivity contribution in [2.45, 2.75) is 38.8 Å². The molecule has 2 heterocycles. The van der Waals surface area contributed by atoms with E-state index in [9.17, 15) is 31.9 Å². The first-order valence-corrected chi connectivity index (χ1v) is 13.0. The Kier molecular flexibility index (Phi) is 7.48. The Labute approximate surface area is 226 Å². The summed E-state index contributed by atoms with van der Waals surface area (Å²) in [6.07, 6.45) is 0.432. The summed E-state index contributed by atoms with van der Waals surface area (Å²) in [5, 5.41) is 13.2. The van der Waals surface area contributed by atoms with Crippen molar-refractivity contribution in [2.24, 2.45) is 17.8 Å². The third-order valence-electron chi connectivity index (χ3n) is 7.63. The number of alkyl halides is 3. The van der Waals surface area contributed by atoms with E-state index in [2.05, 4.69) is 27.2 Å². The van der Waals surface area contributed by atoms with Gasteiger partial charge in [0.15, 0.2) is 5.82 Å². The molecule has 1 saturated carbocycles. The first-order valence-electron chi connectivity index (χ1n) is 13.0. The minimum atomic E-state index is -4.51. The lowest BCUT2D eigenvalue weighted by molar-refractivity contribution is -0.143. The molecule has 1 fully saturated rings. The van der Waals surface area contributed by atoms with E-state index < -0.39 is 35.3 Å². The van der Waals surface area contributed by atoms with Crippen molar-refractivity contribution < 1.29 is 31.9 Å². The molecule has 3 N–H and O–H groups in total. The lowest BCUT2D eigenvalue weighted by Crippen LogP contribution is -2.32. The summed E-state index contributed by atoms with van der Waals surface area (Å²) >= 11 is 0. The van der Waals surface area contributed by atoms with Crippen LogP contribution in [0.1, 0.15) is 38.2 Å². The van der Waals surface area contributed by atoms with Crippen molar-refractivity contribution >= 4 is 22.7 Å². The van der Waals surface area contributed by atoms with Crippen LogP contribution >= 0.6 is 0 Å². The van der Waals surface area contributed by atoms with Crippen molar-refractivity contribution in [3.63, 3.8) is 0 Å². The van der Waals surface area contributed by atoms with Gasteiger partial charge in [-0.2, -0.15) is 13.2 Å². The number of aromatic nitrogens is 3. The van der Waals surface area contributed by atoms with Crippen LogP contribution in [0.4, 0.5) is 27.8 Å². The number of halogens is 5. The van der Waals surface area contributed by atoms with Crippen molar-refractivity contribution in [3.8, 4) is 22.6 Å². The molecule has 1 atom stereocenters. The van der Waals surface area contributed by atoms with E-state index in [1.54, 1.807) is 0 Å². The van der Waals surface area contributed by atoms with E-state index in [-0.39, 0.29) is 46.3 Å². The van der Waals surface area contributed by atoms with Crippen LogP contribution in [0.15, 0.2) is 48.7 Å². The first-order chi connectivity index (χ1) is 19.0. The maximum absolute atomic E-state index is 14.3. The number of hydrogen-bond donors (Lipinski definition) is 3. The monoisotopic (exact) mass is 558 g/mol. The Morgan fingerprint density at radius 1 is 1.07 bits per heavy atom. The number of rotatable bonds is 7. The number of fused-ring (bicyclic) bond motifs is 1. The molecule has 0 amide bonds. The van der Waals surface area contributed by atoms with Crippen LogP contribution in [-0.4, -0.2) is 32.6 Å². The molecule has 0 radical (unpaired) electrons. The lowest BCUT2D eigenvalue weighted by Gasteiger charge is -2.30. The molecular formula is C29H27F5N4O2. The zero-order valence-electron chi connectivity index (χ0n) is 21.5. The van der Waals surface area contributed by atoms with Crippen LogP contribution < -0.4 is 5.32 Å². The van der Waals surface area contributed by atoms with Crippen LogP contribution in [0.25, 0.3) is 33.5 Å². The second-order valence-corrected chi connectivity index (χ2v) is 10.4. The van der Waals surface area contributed by atoms with Gasteiger partial charge in [-0.25, -0.2) is 18.7 Å². The van der Waals surface area contributed by atoms with Crippen LogP contribution in [-0.2, 0) is 11.0 Å². The van der Waals surface area contributed by atoms with Crippen LogP contribution in [0.3, 0.4) is 0 Å². The number of nitrogens with one attached hydrogen (secondary N) is 2. The summed E-state index contributed by atoms with van der Waals surface area (Å²) < 4.78 is 67.8. The van der Waals surface area contributed by atoms with Crippen LogP contribution in [0, 0.1) is 29.4 Å². The third kappa shape index (κ3) is 5.78. The van der Waals surface area contributed by atoms with Gasteiger partial charge in [-0.05, 0) is 42.9 Å². The summed E-state index contributed by atoms with van der Waals surface area (Å²) in [5.74, 6) is -2.34. The van der Waals surface area contributed by atoms with E-state index in [0.717, 1.165) is 49.9 Å². The molecule has 40 heavy (non-hydrogen) atoms. The summed E-state index contributed by atoms with van der Waals surface area (Å²) in [7, 11) is 0. The molecule has 1 aliphatic rings. The first kappa shape index (κ1) is 27.5. The fourth-order valence-corrected chi connectivity index (χ4v) is 5.33. The normalized spacial score (nSPS) is 18.6. The molecular weight excluding hydrogens is 531 g/mol. The number of carboxylic acid groups (broad SMARTS) is 1. The smallest absolute Gasteiger partial charge is 0.416 e. The SMILES string of the molecule is CC1CCC([C@@H](CNc2cc(-c3ccc(C(F)(F)F)cc3)nc(-c3c[nH]c4c(F)cc(F)cc34)n2)C(=O)O)CC1. The van der Waals surface area contributed by atoms with Gasteiger partial charge in [0, 0.05) is 41.4 Å². The zero-order chi connectivity index (χ0) is 28.6. The van der Waals surface area contributed by atoms with E-state index >= 15 is 0 Å². The average Bonchev–Trinajstić information content (AvgIpc) is 3.33. The molecule has 1 aliphatic carbocycles. The number of nitrogens with zero attached hydrogens (tertiary/aromatic N) is 2. The number of benzene rings is 2. The highest BCUT2D eigenvalue weighted by Crippen LogP contribution is 2.35. The van der Waals surface area contributed by atoms with Gasteiger partial charge in [0.2, 0.25) is 0 Å². The molecule has 0 spiro atoms. The molecule has 5 rings (SSSR count). The Balaban J connectivity index is 1.53. The van der Waals surface area contributed by atoms with Crippen molar-refractivity contribution in [3.05, 3.63) is 65.9 Å². The standard InChI is InChI=1S/C29H27F5N4O2/c1-15-2-4-16(5-3-15)21(28(39)40)13-35-25-12-24(17-6-8-18(9-7-17)29(32,33)34)37-27(38-25)22-14-36-26-20(22)10-19(30)11-23(26)31/h6-12,14-16,21,36H,2-5,13H2,1H3,(H,39,40)(H,35,37,38)/t15?,16?,21-/m1/s1. The van der Waals surface area contributed by atoms with E-state index in [1.807, 2.05) is 0 Å². The van der Waals surface area contributed by atoms with Gasteiger partial charge in [-0.3, -0.25) is 4.79 Å². The molecule has 0 saturated heterocycles. The highest BCUT2D eigenvalue weighted by Gasteiger charge is 2.32. The number of aromatic amines is 1. The highest BCUT2D eigenvalue weighted by molar-refractivity contribution is 5.94. The lowest BCUT2D eigenvalue weighted by atomic mass is 9.76. The predicted octanol–water partition coefficient (Wildman–Crippen LogP) is 7.53. The number of hydrogen-bond acceptors (Lipinski definition) is 4. The topological polar surface area (TPSA) is 90.9 Å². The summed E-state index contributed by atoms with van der Waals surface area (Å²) in [6, 6.07) is 7.82. The van der Waals surface area contributed by atoms with E-state index in [1.165, 1.54) is 24.4 Å². The van der Waals surface area contributed by atoms with Crippen molar-refractivity contribution in [1.82, 2.24) is 15.0 Å². The molecule has 210 valence electrons. The van der Waals surface area contributed by atoms with Crippen molar-refractivity contribution in [1.29, 1.82) is 0 Å². The molecule has 0 bridgehead atoms. The van der Waals surface area contributed by atoms with Crippen LogP contribution in [0.5, 0.6) is 0 Å². The Hall–Kier alpha value is -4.02. The molecule has 0 aliphatic heterocycles. The molecule has 2 aromatic carbocycles. The second kappa shape index (κ2) is 10.9. The van der Waals surface area contributed by atoms with Gasteiger partial charge in [0.05, 0.1) is 22.7 Å². The van der Waals surface area contributed by atoms with Crippen LogP contribution in [0.2, 0.25) is 0 Å². The van der Waals surface area contributed by atoms with E-state index in [4.69, 9.17) is 0 Å². The fraction of sp³-hybridized carbons (Fsp3) is 0.345. The molecule has 0 unspecified atom stereocenters. The van der Waals surface area contributed by atoms with Gasteiger partial charge >= 0.3 is 12.1 Å². The minimum absolute atomic E-state index is 0.00328. The van der Waals surface area contributed by atoms with Gasteiger partial charge in [-0.1, -0.05) is 31.9 Å². The predicted molar refractivity (Wildman–Crippen MR) is 140 cm³/mol. The highest BCUT2D eigenvalue weighted by atomic mass is 19.4. The Morgan fingerprint density at radius 2 is 1.77 bits per heavy atom.